The fraction of sp³-hybridized carbons (Fsp3) is 0.458. The number of benzene rings is 2. The third kappa shape index (κ3) is 3.60. The Morgan fingerprint density at radius 1 is 0.966 bits per heavy atom. The third-order valence-electron chi connectivity index (χ3n) is 6.49. The molecule has 0 radical (unpaired) electrons. The van der Waals surface area contributed by atoms with Gasteiger partial charge in [-0.3, -0.25) is 4.79 Å². The van der Waals surface area contributed by atoms with E-state index in [1.165, 1.54) is 5.56 Å². The number of carbonyl (C=O) groups excluding carboxylic acids is 1. The van der Waals surface area contributed by atoms with Crippen LogP contribution in [-0.4, -0.2) is 49.2 Å². The zero-order chi connectivity index (χ0) is 19.6. The van der Waals surface area contributed by atoms with Gasteiger partial charge in [0.15, 0.2) is 11.5 Å². The first-order valence-corrected chi connectivity index (χ1v) is 10.8. The summed E-state index contributed by atoms with van der Waals surface area (Å²) in [5.41, 5.74) is 2.03. The molecule has 5 rings (SSSR count). The maximum Gasteiger partial charge on any atom is 0.254 e. The van der Waals surface area contributed by atoms with Crippen molar-refractivity contribution in [3.63, 3.8) is 0 Å². The number of nitrogens with zero attached hydrogens (tertiary/aromatic N) is 1. The van der Waals surface area contributed by atoms with Crippen LogP contribution in [0.15, 0.2) is 48.5 Å². The van der Waals surface area contributed by atoms with Crippen LogP contribution >= 0.6 is 0 Å². The molecule has 3 heterocycles. The van der Waals surface area contributed by atoms with E-state index in [1.807, 2.05) is 18.2 Å². The van der Waals surface area contributed by atoms with E-state index in [0.29, 0.717) is 36.5 Å². The predicted molar refractivity (Wildman–Crippen MR) is 112 cm³/mol. The maximum atomic E-state index is 13.7. The second-order valence-corrected chi connectivity index (χ2v) is 8.21. The number of rotatable bonds is 2. The van der Waals surface area contributed by atoms with Crippen molar-refractivity contribution in [2.24, 2.45) is 0 Å². The van der Waals surface area contributed by atoms with Gasteiger partial charge in [0.2, 0.25) is 0 Å². The van der Waals surface area contributed by atoms with Gasteiger partial charge in [-0.2, -0.15) is 0 Å². The summed E-state index contributed by atoms with van der Waals surface area (Å²) < 4.78 is 11.3. The van der Waals surface area contributed by atoms with Crippen LogP contribution in [0.5, 0.6) is 11.5 Å². The summed E-state index contributed by atoms with van der Waals surface area (Å²) in [6, 6.07) is 16.8. The zero-order valence-electron chi connectivity index (χ0n) is 16.7. The molecular weight excluding hydrogens is 364 g/mol. The average Bonchev–Trinajstić information content (AvgIpc) is 3.01. The van der Waals surface area contributed by atoms with Crippen LogP contribution < -0.4 is 14.8 Å². The molecule has 2 saturated heterocycles. The second kappa shape index (κ2) is 8.07. The van der Waals surface area contributed by atoms with Gasteiger partial charge < -0.3 is 19.7 Å². The van der Waals surface area contributed by atoms with Crippen LogP contribution in [-0.2, 0) is 0 Å². The monoisotopic (exact) mass is 392 g/mol. The molecule has 0 bridgehead atoms. The molecule has 2 aromatic carbocycles. The Balaban J connectivity index is 1.49. The van der Waals surface area contributed by atoms with Gasteiger partial charge in [0.25, 0.3) is 5.91 Å². The highest BCUT2D eigenvalue weighted by Crippen LogP contribution is 2.37. The van der Waals surface area contributed by atoms with Crippen LogP contribution in [0.4, 0.5) is 0 Å². The zero-order valence-corrected chi connectivity index (χ0v) is 16.7. The van der Waals surface area contributed by atoms with Gasteiger partial charge in [-0.15, -0.1) is 0 Å². The lowest BCUT2D eigenvalue weighted by molar-refractivity contribution is 0.0574. The molecule has 3 atom stereocenters. The van der Waals surface area contributed by atoms with E-state index < -0.39 is 0 Å². The van der Waals surface area contributed by atoms with E-state index in [-0.39, 0.29) is 11.9 Å². The smallest absolute Gasteiger partial charge is 0.254 e. The average molecular weight is 392 g/mol. The minimum Gasteiger partial charge on any atom is -0.486 e. The highest BCUT2D eigenvalue weighted by Gasteiger charge is 2.41. The number of fused-ring (bicyclic) bond motifs is 2. The molecule has 1 amide bonds. The Morgan fingerprint density at radius 3 is 2.66 bits per heavy atom. The standard InChI is InChI=1S/C24H28N2O3/c27-24(18-9-10-21-22(16-18)29-15-14-28-21)26-13-5-4-8-20-23(26)19(11-12-25-20)17-6-2-1-3-7-17/h1-3,6-7,9-10,16,19-20,23,25H,4-5,8,11-15H2/t19-,20-,23-/m1/s1. The summed E-state index contributed by atoms with van der Waals surface area (Å²) in [7, 11) is 0. The lowest BCUT2D eigenvalue weighted by Crippen LogP contribution is -2.57. The van der Waals surface area contributed by atoms with E-state index in [9.17, 15) is 4.79 Å². The number of carbonyl (C=O) groups is 1. The Bertz CT molecular complexity index is 870. The van der Waals surface area contributed by atoms with Gasteiger partial charge in [0.05, 0.1) is 6.04 Å². The number of hydrogen-bond donors (Lipinski definition) is 1. The van der Waals surface area contributed by atoms with Gasteiger partial charge in [-0.05, 0) is 49.6 Å². The minimum atomic E-state index is 0.100. The molecular formula is C24H28N2O3. The van der Waals surface area contributed by atoms with E-state index in [4.69, 9.17) is 9.47 Å². The first-order valence-electron chi connectivity index (χ1n) is 10.8. The van der Waals surface area contributed by atoms with Crippen LogP contribution in [0.25, 0.3) is 0 Å². The molecule has 0 spiro atoms. The fourth-order valence-electron chi connectivity index (χ4n) is 5.14. The highest BCUT2D eigenvalue weighted by molar-refractivity contribution is 5.95. The Labute approximate surface area is 172 Å². The van der Waals surface area contributed by atoms with Crippen molar-refractivity contribution in [1.29, 1.82) is 0 Å². The van der Waals surface area contributed by atoms with E-state index in [0.717, 1.165) is 44.5 Å². The topological polar surface area (TPSA) is 50.8 Å². The number of hydrogen-bond acceptors (Lipinski definition) is 4. The first-order chi connectivity index (χ1) is 14.3. The van der Waals surface area contributed by atoms with Gasteiger partial charge in [-0.1, -0.05) is 36.8 Å². The van der Waals surface area contributed by atoms with Gasteiger partial charge in [0, 0.05) is 24.1 Å². The quantitative estimate of drug-likeness (QED) is 0.849. The van der Waals surface area contributed by atoms with Crippen molar-refractivity contribution in [2.45, 2.75) is 43.7 Å². The van der Waals surface area contributed by atoms with Crippen molar-refractivity contribution < 1.29 is 14.3 Å². The van der Waals surface area contributed by atoms with Gasteiger partial charge in [-0.25, -0.2) is 0 Å². The summed E-state index contributed by atoms with van der Waals surface area (Å²) in [5, 5.41) is 3.71. The molecule has 5 heteroatoms. The van der Waals surface area contributed by atoms with Gasteiger partial charge in [0.1, 0.15) is 13.2 Å². The molecule has 0 aliphatic carbocycles. The molecule has 29 heavy (non-hydrogen) atoms. The second-order valence-electron chi connectivity index (χ2n) is 8.21. The normalized spacial score (nSPS) is 26.3. The molecule has 3 aliphatic heterocycles. The minimum absolute atomic E-state index is 0.100. The number of ether oxygens (including phenoxy) is 2. The Morgan fingerprint density at radius 2 is 1.79 bits per heavy atom. The molecule has 5 nitrogen and oxygen atoms in total. The van der Waals surface area contributed by atoms with Crippen LogP contribution in [0.3, 0.4) is 0 Å². The summed E-state index contributed by atoms with van der Waals surface area (Å²) >= 11 is 0. The highest BCUT2D eigenvalue weighted by atomic mass is 16.6. The number of amides is 1. The SMILES string of the molecule is O=C(c1ccc2c(c1)OCCO2)N1CCCC[C@H]2NCC[C@H](c3ccccc3)[C@H]21. The Kier molecular flexibility index (Phi) is 5.15. The van der Waals surface area contributed by atoms with Gasteiger partial charge >= 0.3 is 0 Å². The number of nitrogens with one attached hydrogen (secondary N) is 1. The lowest BCUT2D eigenvalue weighted by atomic mass is 9.80. The molecule has 152 valence electrons. The van der Waals surface area contributed by atoms with Crippen molar-refractivity contribution in [1.82, 2.24) is 10.2 Å². The number of piperidine rings is 1. The molecule has 3 aliphatic rings. The molecule has 1 N–H and O–H groups in total. The molecule has 0 saturated carbocycles. The number of likely N-dealkylation sites (tertiary alicyclic amines) is 1. The summed E-state index contributed by atoms with van der Waals surface area (Å²) in [4.78, 5) is 15.8. The third-order valence-corrected chi connectivity index (χ3v) is 6.49. The largest absolute Gasteiger partial charge is 0.486 e. The molecule has 2 aromatic rings. The lowest BCUT2D eigenvalue weighted by Gasteiger charge is -2.44. The summed E-state index contributed by atoms with van der Waals surface area (Å²) in [6.45, 7) is 2.89. The van der Waals surface area contributed by atoms with E-state index >= 15 is 0 Å². The first kappa shape index (κ1) is 18.5. The van der Waals surface area contributed by atoms with Crippen molar-refractivity contribution in [2.75, 3.05) is 26.3 Å². The van der Waals surface area contributed by atoms with Crippen LogP contribution in [0.2, 0.25) is 0 Å². The molecule has 0 unspecified atom stereocenters. The van der Waals surface area contributed by atoms with Crippen molar-refractivity contribution in [3.05, 3.63) is 59.7 Å². The predicted octanol–water partition coefficient (Wildman–Crippen LogP) is 3.60. The Hall–Kier alpha value is -2.53. The molecule has 2 fully saturated rings. The van der Waals surface area contributed by atoms with Crippen molar-refractivity contribution in [3.8, 4) is 11.5 Å². The van der Waals surface area contributed by atoms with Crippen LogP contribution in [0, 0.1) is 0 Å². The maximum absolute atomic E-state index is 13.7. The van der Waals surface area contributed by atoms with Crippen LogP contribution in [0.1, 0.15) is 47.5 Å². The van der Waals surface area contributed by atoms with Crippen molar-refractivity contribution >= 4 is 5.91 Å². The summed E-state index contributed by atoms with van der Waals surface area (Å²) in [6.07, 6.45) is 4.38. The molecule has 0 aromatic heterocycles. The summed E-state index contributed by atoms with van der Waals surface area (Å²) in [5.74, 6) is 1.86. The van der Waals surface area contributed by atoms with E-state index in [2.05, 4.69) is 40.5 Å². The fourth-order valence-corrected chi connectivity index (χ4v) is 5.14. The van der Waals surface area contributed by atoms with E-state index in [1.54, 1.807) is 0 Å².